The van der Waals surface area contributed by atoms with Gasteiger partial charge in [0.2, 0.25) is 16.0 Å². The van der Waals surface area contributed by atoms with Crippen LogP contribution in [0.5, 0.6) is 0 Å². The van der Waals surface area contributed by atoms with Gasteiger partial charge in [-0.15, -0.1) is 0 Å². The van der Waals surface area contributed by atoms with Crippen LogP contribution in [0.4, 0.5) is 10.7 Å². The van der Waals surface area contributed by atoms with Crippen LogP contribution in [0.1, 0.15) is 50.8 Å². The first-order valence-electron chi connectivity index (χ1n) is 12.7. The Morgan fingerprint density at radius 3 is 2.59 bits per heavy atom. The molecule has 12 heteroatoms. The largest absolute Gasteiger partial charge is 0.381 e. The maximum atomic E-state index is 13.4. The number of urea groups is 1. The second-order valence-electron chi connectivity index (χ2n) is 10.3. The van der Waals surface area contributed by atoms with Crippen molar-refractivity contribution < 1.29 is 17.9 Å². The lowest BCUT2D eigenvalue weighted by Gasteiger charge is -2.36. The zero-order valence-corrected chi connectivity index (χ0v) is 22.7. The molecule has 200 valence electrons. The SMILES string of the molecule is CC1(C)c2cnc(NC3CCOCC3)nc2CN1C(=O)N[C@@H]1CCCN(S(=O)(=O)c2ccc(Cl)cc2)C1. The Balaban J connectivity index is 1.24. The van der Waals surface area contributed by atoms with Gasteiger partial charge in [-0.3, -0.25) is 0 Å². The van der Waals surface area contributed by atoms with E-state index in [0.29, 0.717) is 36.9 Å². The summed E-state index contributed by atoms with van der Waals surface area (Å²) in [7, 11) is -3.67. The fraction of sp³-hybridized carbons (Fsp3) is 0.560. The van der Waals surface area contributed by atoms with Crippen molar-refractivity contribution >= 4 is 33.6 Å². The minimum absolute atomic E-state index is 0.198. The fourth-order valence-electron chi connectivity index (χ4n) is 5.25. The van der Waals surface area contributed by atoms with Gasteiger partial charge in [-0.05, 0) is 63.8 Å². The summed E-state index contributed by atoms with van der Waals surface area (Å²) in [5.41, 5.74) is 1.14. The number of aromatic nitrogens is 2. The van der Waals surface area contributed by atoms with E-state index in [1.54, 1.807) is 23.2 Å². The molecule has 0 unspecified atom stereocenters. The van der Waals surface area contributed by atoms with Crippen molar-refractivity contribution in [3.05, 3.63) is 46.7 Å². The van der Waals surface area contributed by atoms with Crippen molar-refractivity contribution in [2.24, 2.45) is 0 Å². The molecule has 2 fully saturated rings. The third kappa shape index (κ3) is 5.41. The van der Waals surface area contributed by atoms with Crippen molar-refractivity contribution in [2.45, 2.75) is 68.6 Å². The average molecular weight is 549 g/mol. The van der Waals surface area contributed by atoms with Crippen LogP contribution < -0.4 is 10.6 Å². The van der Waals surface area contributed by atoms with Crippen molar-refractivity contribution in [1.29, 1.82) is 0 Å². The number of hydrogen-bond donors (Lipinski definition) is 2. The highest BCUT2D eigenvalue weighted by Gasteiger charge is 2.43. The second-order valence-corrected chi connectivity index (χ2v) is 12.7. The molecule has 0 spiro atoms. The third-order valence-electron chi connectivity index (χ3n) is 7.47. The fourth-order valence-corrected chi connectivity index (χ4v) is 6.90. The van der Waals surface area contributed by atoms with Gasteiger partial charge in [0, 0.05) is 55.2 Å². The van der Waals surface area contributed by atoms with Gasteiger partial charge in [0.05, 0.1) is 22.7 Å². The normalized spacial score (nSPS) is 22.5. The van der Waals surface area contributed by atoms with Gasteiger partial charge in [-0.2, -0.15) is 4.31 Å². The monoisotopic (exact) mass is 548 g/mol. The zero-order valence-electron chi connectivity index (χ0n) is 21.1. The lowest BCUT2D eigenvalue weighted by molar-refractivity contribution is 0.0903. The molecule has 1 aromatic heterocycles. The van der Waals surface area contributed by atoms with Crippen LogP contribution in [0.2, 0.25) is 5.02 Å². The molecule has 3 aliphatic rings. The van der Waals surface area contributed by atoms with Gasteiger partial charge in [-0.1, -0.05) is 11.6 Å². The van der Waals surface area contributed by atoms with E-state index in [-0.39, 0.29) is 29.6 Å². The molecular weight excluding hydrogens is 516 g/mol. The summed E-state index contributed by atoms with van der Waals surface area (Å²) in [5.74, 6) is 0.569. The minimum atomic E-state index is -3.67. The maximum Gasteiger partial charge on any atom is 0.318 e. The molecule has 10 nitrogen and oxygen atoms in total. The van der Waals surface area contributed by atoms with Crippen molar-refractivity contribution in [3.8, 4) is 0 Å². The van der Waals surface area contributed by atoms with Crippen LogP contribution in [-0.4, -0.2) is 72.0 Å². The highest BCUT2D eigenvalue weighted by molar-refractivity contribution is 7.89. The number of piperidine rings is 1. The molecule has 0 bridgehead atoms. The smallest absolute Gasteiger partial charge is 0.318 e. The quantitative estimate of drug-likeness (QED) is 0.588. The first-order valence-corrected chi connectivity index (χ1v) is 14.5. The summed E-state index contributed by atoms with van der Waals surface area (Å²) >= 11 is 5.92. The Kier molecular flexibility index (Phi) is 7.32. The number of amides is 2. The summed E-state index contributed by atoms with van der Waals surface area (Å²) < 4.78 is 33.1. The van der Waals surface area contributed by atoms with E-state index in [1.165, 1.54) is 16.4 Å². The van der Waals surface area contributed by atoms with Gasteiger partial charge in [0.1, 0.15) is 0 Å². The number of sulfonamides is 1. The number of anilines is 1. The molecule has 1 aromatic carbocycles. The first-order chi connectivity index (χ1) is 17.6. The van der Waals surface area contributed by atoms with Crippen LogP contribution in [-0.2, 0) is 26.8 Å². The summed E-state index contributed by atoms with van der Waals surface area (Å²) in [6.07, 6.45) is 4.99. The second kappa shape index (κ2) is 10.4. The molecule has 2 N–H and O–H groups in total. The maximum absolute atomic E-state index is 13.4. The van der Waals surface area contributed by atoms with Crippen molar-refractivity contribution in [3.63, 3.8) is 0 Å². The molecule has 1 atom stereocenters. The van der Waals surface area contributed by atoms with E-state index in [4.69, 9.17) is 21.3 Å². The number of nitrogens with zero attached hydrogens (tertiary/aromatic N) is 4. The van der Waals surface area contributed by atoms with Crippen LogP contribution in [0, 0.1) is 0 Å². The van der Waals surface area contributed by atoms with Crippen LogP contribution >= 0.6 is 11.6 Å². The van der Waals surface area contributed by atoms with Gasteiger partial charge >= 0.3 is 6.03 Å². The molecular formula is C25H33ClN6O4S. The zero-order chi connectivity index (χ0) is 26.2. The standard InChI is InChI=1S/C25H33ClN6O4S/c1-25(2)21-14-27-23(28-18-9-12-36-13-10-18)30-22(21)16-32(25)24(33)29-19-4-3-11-31(15-19)37(34,35)20-7-5-17(26)6-8-20/h5-8,14,18-19H,3-4,9-13,15-16H2,1-2H3,(H,29,33)(H,27,28,30)/t19-/m1/s1. The third-order valence-corrected chi connectivity index (χ3v) is 9.60. The minimum Gasteiger partial charge on any atom is -0.381 e. The molecule has 0 aliphatic carbocycles. The van der Waals surface area contributed by atoms with E-state index < -0.39 is 15.6 Å². The Bertz CT molecular complexity index is 1250. The molecule has 2 aromatic rings. The number of hydrogen-bond acceptors (Lipinski definition) is 7. The predicted molar refractivity (Wildman–Crippen MR) is 140 cm³/mol. The Morgan fingerprint density at radius 2 is 1.86 bits per heavy atom. The lowest BCUT2D eigenvalue weighted by atomic mass is 9.97. The summed E-state index contributed by atoms with van der Waals surface area (Å²) in [5, 5.41) is 6.95. The highest BCUT2D eigenvalue weighted by Crippen LogP contribution is 2.38. The van der Waals surface area contributed by atoms with E-state index in [9.17, 15) is 13.2 Å². The van der Waals surface area contributed by atoms with E-state index in [0.717, 1.165) is 37.3 Å². The van der Waals surface area contributed by atoms with Crippen LogP contribution in [0.25, 0.3) is 0 Å². The summed E-state index contributed by atoms with van der Waals surface area (Å²) in [6, 6.07) is 5.90. The number of halogens is 1. The van der Waals surface area contributed by atoms with Crippen molar-refractivity contribution in [2.75, 3.05) is 31.6 Å². The number of carbonyl (C=O) groups excluding carboxylic acids is 1. The van der Waals surface area contributed by atoms with Gasteiger partial charge in [0.15, 0.2) is 0 Å². The average Bonchev–Trinajstić information content (AvgIpc) is 3.15. The molecule has 3 aliphatic heterocycles. The number of benzene rings is 1. The van der Waals surface area contributed by atoms with Gasteiger partial charge < -0.3 is 20.3 Å². The highest BCUT2D eigenvalue weighted by atomic mass is 35.5. The molecule has 0 radical (unpaired) electrons. The molecule has 5 rings (SSSR count). The van der Waals surface area contributed by atoms with E-state index >= 15 is 0 Å². The predicted octanol–water partition coefficient (Wildman–Crippen LogP) is 3.33. The summed E-state index contributed by atoms with van der Waals surface area (Å²) in [6.45, 7) is 6.40. The Morgan fingerprint density at radius 1 is 1.14 bits per heavy atom. The molecule has 0 saturated carbocycles. The topological polar surface area (TPSA) is 117 Å². The Hall–Kier alpha value is -2.47. The van der Waals surface area contributed by atoms with Crippen molar-refractivity contribution in [1.82, 2.24) is 24.5 Å². The number of ether oxygens (including phenoxy) is 1. The number of rotatable bonds is 5. The van der Waals surface area contributed by atoms with Gasteiger partial charge in [0.25, 0.3) is 0 Å². The molecule has 2 saturated heterocycles. The van der Waals surface area contributed by atoms with E-state index in [1.807, 2.05) is 13.8 Å². The van der Waals surface area contributed by atoms with Gasteiger partial charge in [-0.25, -0.2) is 23.2 Å². The molecule has 4 heterocycles. The van der Waals surface area contributed by atoms with Crippen LogP contribution in [0.3, 0.4) is 0 Å². The van der Waals surface area contributed by atoms with E-state index in [2.05, 4.69) is 15.6 Å². The number of carbonyl (C=O) groups is 1. The van der Waals surface area contributed by atoms with Crippen LogP contribution in [0.15, 0.2) is 35.4 Å². The summed E-state index contributed by atoms with van der Waals surface area (Å²) in [4.78, 5) is 24.6. The Labute approximate surface area is 222 Å². The number of nitrogens with one attached hydrogen (secondary N) is 2. The first kappa shape index (κ1) is 26.1. The lowest BCUT2D eigenvalue weighted by Crippen LogP contribution is -2.54. The molecule has 2 amide bonds. The molecule has 37 heavy (non-hydrogen) atoms. The number of fused-ring (bicyclic) bond motifs is 1.